The number of benzene rings is 2. The highest BCUT2D eigenvalue weighted by Crippen LogP contribution is 2.20. The molecule has 1 amide bonds. The van der Waals surface area contributed by atoms with Gasteiger partial charge in [-0.05, 0) is 36.4 Å². The molecule has 1 heterocycles. The zero-order valence-corrected chi connectivity index (χ0v) is 12.5. The summed E-state index contributed by atoms with van der Waals surface area (Å²) in [6, 6.07) is 16.1. The van der Waals surface area contributed by atoms with E-state index in [1.165, 1.54) is 12.0 Å². The van der Waals surface area contributed by atoms with Crippen molar-refractivity contribution in [2.45, 2.75) is 0 Å². The minimum absolute atomic E-state index is 0.0927. The minimum Gasteiger partial charge on any atom is -0.465 e. The number of esters is 1. The zero-order chi connectivity index (χ0) is 16.2. The van der Waals surface area contributed by atoms with Crippen molar-refractivity contribution in [3.8, 4) is 0 Å². The summed E-state index contributed by atoms with van der Waals surface area (Å²) in [5.74, 6) is -0.0206. The van der Waals surface area contributed by atoms with Gasteiger partial charge >= 0.3 is 5.97 Å². The molecule has 0 aliphatic carbocycles. The summed E-state index contributed by atoms with van der Waals surface area (Å²) < 4.78 is 4.66. The molecule has 6 nitrogen and oxygen atoms in total. The molecular weight excluding hydrogens is 294 g/mol. The number of rotatable bonds is 3. The van der Waals surface area contributed by atoms with Gasteiger partial charge in [-0.1, -0.05) is 18.2 Å². The predicted octanol–water partition coefficient (Wildman–Crippen LogP) is 2.29. The van der Waals surface area contributed by atoms with Gasteiger partial charge in [0.25, 0.3) is 5.91 Å². The number of carbonyl (C=O) groups excluding carboxylic acids is 2. The SMILES string of the molecule is COC(=O)c1ccc(NC2=NCC(=O)N2c2ccccc2)cc1. The van der Waals surface area contributed by atoms with Crippen molar-refractivity contribution < 1.29 is 14.3 Å². The molecule has 0 radical (unpaired) electrons. The molecule has 0 aromatic heterocycles. The lowest BCUT2D eigenvalue weighted by molar-refractivity contribution is -0.115. The van der Waals surface area contributed by atoms with E-state index in [9.17, 15) is 9.59 Å². The van der Waals surface area contributed by atoms with E-state index in [0.29, 0.717) is 11.5 Å². The molecule has 0 saturated carbocycles. The van der Waals surface area contributed by atoms with Gasteiger partial charge < -0.3 is 10.1 Å². The maximum Gasteiger partial charge on any atom is 0.337 e. The second kappa shape index (κ2) is 6.31. The average molecular weight is 309 g/mol. The van der Waals surface area contributed by atoms with E-state index in [0.717, 1.165) is 11.4 Å². The molecule has 2 aromatic rings. The summed E-state index contributed by atoms with van der Waals surface area (Å²) >= 11 is 0. The largest absolute Gasteiger partial charge is 0.465 e. The van der Waals surface area contributed by atoms with E-state index in [-0.39, 0.29) is 12.5 Å². The third-order valence-electron chi connectivity index (χ3n) is 3.40. The Morgan fingerprint density at radius 2 is 1.83 bits per heavy atom. The standard InChI is InChI=1S/C17H15N3O3/c1-23-16(22)12-7-9-13(10-8-12)19-17-18-11-15(21)20(17)14-5-3-2-4-6-14/h2-10H,11H2,1H3,(H,18,19). The summed E-state index contributed by atoms with van der Waals surface area (Å²) in [6.07, 6.45) is 0. The van der Waals surface area contributed by atoms with Crippen molar-refractivity contribution in [2.24, 2.45) is 4.99 Å². The lowest BCUT2D eigenvalue weighted by Crippen LogP contribution is -2.36. The molecule has 0 unspecified atom stereocenters. The van der Waals surface area contributed by atoms with E-state index in [2.05, 4.69) is 15.0 Å². The number of para-hydroxylation sites is 1. The second-order valence-corrected chi connectivity index (χ2v) is 4.90. The van der Waals surface area contributed by atoms with E-state index >= 15 is 0 Å². The molecule has 116 valence electrons. The van der Waals surface area contributed by atoms with Gasteiger partial charge in [-0.2, -0.15) is 0 Å². The highest BCUT2D eigenvalue weighted by Gasteiger charge is 2.26. The van der Waals surface area contributed by atoms with Crippen molar-refractivity contribution in [1.82, 2.24) is 0 Å². The fourth-order valence-corrected chi connectivity index (χ4v) is 2.28. The first-order valence-corrected chi connectivity index (χ1v) is 7.07. The smallest absolute Gasteiger partial charge is 0.337 e. The Balaban J connectivity index is 1.79. The van der Waals surface area contributed by atoms with Crippen molar-refractivity contribution >= 4 is 29.2 Å². The van der Waals surface area contributed by atoms with Crippen LogP contribution in [0.25, 0.3) is 0 Å². The minimum atomic E-state index is -0.393. The molecule has 0 bridgehead atoms. The van der Waals surface area contributed by atoms with Gasteiger partial charge in [0.15, 0.2) is 0 Å². The Hall–Kier alpha value is -3.15. The summed E-state index contributed by atoms with van der Waals surface area (Å²) in [4.78, 5) is 29.3. The highest BCUT2D eigenvalue weighted by atomic mass is 16.5. The molecule has 0 saturated heterocycles. The Morgan fingerprint density at radius 3 is 2.48 bits per heavy atom. The number of nitrogens with zero attached hydrogens (tertiary/aromatic N) is 2. The molecule has 1 aliphatic heterocycles. The van der Waals surface area contributed by atoms with Gasteiger partial charge in [-0.25, -0.2) is 14.7 Å². The van der Waals surface area contributed by atoms with E-state index in [1.807, 2.05) is 30.3 Å². The predicted molar refractivity (Wildman–Crippen MR) is 87.6 cm³/mol. The lowest BCUT2D eigenvalue weighted by Gasteiger charge is -2.19. The molecular formula is C17H15N3O3. The highest BCUT2D eigenvalue weighted by molar-refractivity contribution is 6.24. The third kappa shape index (κ3) is 3.06. The van der Waals surface area contributed by atoms with Crippen molar-refractivity contribution in [2.75, 3.05) is 23.9 Å². The molecule has 23 heavy (non-hydrogen) atoms. The normalized spacial score (nSPS) is 13.7. The molecule has 2 aromatic carbocycles. The second-order valence-electron chi connectivity index (χ2n) is 4.90. The fourth-order valence-electron chi connectivity index (χ4n) is 2.28. The van der Waals surface area contributed by atoms with E-state index < -0.39 is 5.97 Å². The van der Waals surface area contributed by atoms with Gasteiger partial charge in [0.1, 0.15) is 6.54 Å². The topological polar surface area (TPSA) is 71.0 Å². The third-order valence-corrected chi connectivity index (χ3v) is 3.40. The number of aliphatic imine (C=N–C) groups is 1. The van der Waals surface area contributed by atoms with Crippen LogP contribution in [0.4, 0.5) is 11.4 Å². The Labute approximate surface area is 133 Å². The van der Waals surface area contributed by atoms with Gasteiger partial charge in [-0.15, -0.1) is 0 Å². The van der Waals surface area contributed by atoms with Crippen LogP contribution in [0.2, 0.25) is 0 Å². The first-order chi connectivity index (χ1) is 11.2. The summed E-state index contributed by atoms with van der Waals surface area (Å²) in [6.45, 7) is 0.109. The van der Waals surface area contributed by atoms with Crippen LogP contribution >= 0.6 is 0 Å². The van der Waals surface area contributed by atoms with Crippen molar-refractivity contribution in [1.29, 1.82) is 0 Å². The molecule has 0 fully saturated rings. The van der Waals surface area contributed by atoms with Crippen LogP contribution in [-0.2, 0) is 9.53 Å². The summed E-state index contributed by atoms with van der Waals surface area (Å²) in [5, 5.41) is 3.11. The monoisotopic (exact) mass is 309 g/mol. The Bertz CT molecular complexity index is 754. The first kappa shape index (κ1) is 14.8. The first-order valence-electron chi connectivity index (χ1n) is 7.07. The van der Waals surface area contributed by atoms with Crippen LogP contribution in [-0.4, -0.2) is 31.5 Å². The van der Waals surface area contributed by atoms with Crippen LogP contribution in [0.15, 0.2) is 59.6 Å². The van der Waals surface area contributed by atoms with Gasteiger partial charge in [0, 0.05) is 5.69 Å². The van der Waals surface area contributed by atoms with Crippen LogP contribution in [0.3, 0.4) is 0 Å². The van der Waals surface area contributed by atoms with Gasteiger partial charge in [-0.3, -0.25) is 4.79 Å². The molecule has 3 rings (SSSR count). The average Bonchev–Trinajstić information content (AvgIpc) is 2.96. The van der Waals surface area contributed by atoms with Gasteiger partial charge in [0.2, 0.25) is 5.96 Å². The lowest BCUT2D eigenvalue weighted by atomic mass is 10.2. The summed E-state index contributed by atoms with van der Waals surface area (Å²) in [5.41, 5.74) is 1.95. The zero-order valence-electron chi connectivity index (χ0n) is 12.5. The molecule has 1 N–H and O–H groups in total. The van der Waals surface area contributed by atoms with Crippen LogP contribution in [0.1, 0.15) is 10.4 Å². The molecule has 1 aliphatic rings. The molecule has 6 heteroatoms. The fraction of sp³-hybridized carbons (Fsp3) is 0.118. The van der Waals surface area contributed by atoms with E-state index in [4.69, 9.17) is 0 Å². The quantitative estimate of drug-likeness (QED) is 0.883. The number of nitrogens with one attached hydrogen (secondary N) is 1. The van der Waals surface area contributed by atoms with Crippen LogP contribution < -0.4 is 10.2 Å². The Morgan fingerprint density at radius 1 is 1.13 bits per heavy atom. The Kier molecular flexibility index (Phi) is 4.05. The molecule has 0 atom stereocenters. The van der Waals surface area contributed by atoms with Crippen molar-refractivity contribution in [3.63, 3.8) is 0 Å². The van der Waals surface area contributed by atoms with Crippen LogP contribution in [0.5, 0.6) is 0 Å². The van der Waals surface area contributed by atoms with Gasteiger partial charge in [0.05, 0.1) is 18.4 Å². The number of amides is 1. The maximum absolute atomic E-state index is 12.1. The molecule has 0 spiro atoms. The number of ether oxygens (including phenoxy) is 1. The van der Waals surface area contributed by atoms with Crippen LogP contribution in [0, 0.1) is 0 Å². The number of hydrogen-bond acceptors (Lipinski definition) is 5. The number of anilines is 2. The number of guanidine groups is 1. The van der Waals surface area contributed by atoms with E-state index in [1.54, 1.807) is 24.3 Å². The summed E-state index contributed by atoms with van der Waals surface area (Å²) in [7, 11) is 1.34. The number of hydrogen-bond donors (Lipinski definition) is 1. The van der Waals surface area contributed by atoms with Crippen molar-refractivity contribution in [3.05, 3.63) is 60.2 Å². The number of carbonyl (C=O) groups is 2. The number of methoxy groups -OCH3 is 1. The maximum atomic E-state index is 12.1.